The van der Waals surface area contributed by atoms with Crippen molar-refractivity contribution < 1.29 is 4.79 Å². The largest absolute Gasteiger partial charge is 0.306 e. The molecule has 0 atom stereocenters. The summed E-state index contributed by atoms with van der Waals surface area (Å²) in [7, 11) is 0. The zero-order valence-corrected chi connectivity index (χ0v) is 18.6. The number of halogens is 1. The minimum atomic E-state index is -0.358. The number of carbonyl (C=O) groups is 1. The van der Waals surface area contributed by atoms with Crippen molar-refractivity contribution >= 4 is 23.3 Å². The van der Waals surface area contributed by atoms with Crippen molar-refractivity contribution in [2.45, 2.75) is 20.3 Å². The van der Waals surface area contributed by atoms with Gasteiger partial charge in [0.15, 0.2) is 0 Å². The first kappa shape index (κ1) is 21.5. The fraction of sp³-hybridized carbons (Fsp3) is 0.115. The Kier molecular flexibility index (Phi) is 6.19. The first-order chi connectivity index (χ1) is 15.5. The minimum absolute atomic E-state index is 0.232. The molecule has 160 valence electrons. The first-order valence-corrected chi connectivity index (χ1v) is 10.7. The van der Waals surface area contributed by atoms with E-state index in [2.05, 4.69) is 17.3 Å². The number of aryl methyl sites for hydroxylation is 2. The molecule has 0 fully saturated rings. The minimum Gasteiger partial charge on any atom is -0.306 e. The second kappa shape index (κ2) is 9.20. The summed E-state index contributed by atoms with van der Waals surface area (Å²) in [6, 6.07) is 23.8. The van der Waals surface area contributed by atoms with Crippen LogP contribution >= 0.6 is 11.6 Å². The Morgan fingerprint density at radius 2 is 1.62 bits per heavy atom. The predicted octanol–water partition coefficient (Wildman–Crippen LogP) is 5.68. The Morgan fingerprint density at radius 1 is 0.969 bits per heavy atom. The van der Waals surface area contributed by atoms with Gasteiger partial charge in [-0.2, -0.15) is 5.10 Å². The number of nitrogens with zero attached hydrogens (tertiary/aromatic N) is 2. The van der Waals surface area contributed by atoms with E-state index in [1.165, 1.54) is 5.56 Å². The molecule has 1 aromatic heterocycles. The highest BCUT2D eigenvalue weighted by Gasteiger charge is 2.20. The highest BCUT2D eigenvalue weighted by molar-refractivity contribution is 6.30. The molecule has 0 aliphatic rings. The van der Waals surface area contributed by atoms with E-state index in [-0.39, 0.29) is 11.3 Å². The van der Waals surface area contributed by atoms with Crippen LogP contribution in [0.1, 0.15) is 28.5 Å². The third-order valence-electron chi connectivity index (χ3n) is 5.24. The van der Waals surface area contributed by atoms with Crippen molar-refractivity contribution in [2.24, 2.45) is 0 Å². The van der Waals surface area contributed by atoms with Crippen LogP contribution < -0.4 is 10.7 Å². The van der Waals surface area contributed by atoms with E-state index in [4.69, 9.17) is 11.6 Å². The fourth-order valence-electron chi connectivity index (χ4n) is 3.47. The lowest BCUT2D eigenvalue weighted by Crippen LogP contribution is -2.25. The molecule has 3 aromatic carbocycles. The number of benzene rings is 3. The third kappa shape index (κ3) is 4.34. The van der Waals surface area contributed by atoms with Crippen LogP contribution in [0, 0.1) is 6.92 Å². The van der Waals surface area contributed by atoms with Crippen LogP contribution in [-0.2, 0) is 6.42 Å². The molecule has 6 heteroatoms. The van der Waals surface area contributed by atoms with Gasteiger partial charge in [-0.15, -0.1) is 0 Å². The van der Waals surface area contributed by atoms with Crippen molar-refractivity contribution in [1.29, 1.82) is 0 Å². The van der Waals surface area contributed by atoms with Gasteiger partial charge >= 0.3 is 0 Å². The lowest BCUT2D eigenvalue weighted by Gasteiger charge is -2.18. The lowest BCUT2D eigenvalue weighted by atomic mass is 10.0. The van der Waals surface area contributed by atoms with Crippen molar-refractivity contribution in [3.63, 3.8) is 0 Å². The molecule has 0 saturated heterocycles. The molecule has 0 aliphatic carbocycles. The van der Waals surface area contributed by atoms with Gasteiger partial charge in [-0.25, -0.2) is 4.68 Å². The quantitative estimate of drug-likeness (QED) is 0.431. The van der Waals surface area contributed by atoms with Gasteiger partial charge in [0.2, 0.25) is 5.43 Å². The van der Waals surface area contributed by atoms with Gasteiger partial charge in [-0.1, -0.05) is 61.0 Å². The number of anilines is 1. The molecular formula is C26H22ClN3O2. The molecule has 0 bridgehead atoms. The molecule has 0 radical (unpaired) electrons. The maximum atomic E-state index is 13.2. The Labute approximate surface area is 191 Å². The average molecular weight is 444 g/mol. The monoisotopic (exact) mass is 443 g/mol. The number of hydrogen-bond acceptors (Lipinski definition) is 3. The number of nitrogens with one attached hydrogen (secondary N) is 1. The highest BCUT2D eigenvalue weighted by Crippen LogP contribution is 2.27. The van der Waals surface area contributed by atoms with Crippen LogP contribution in [0.3, 0.4) is 0 Å². The van der Waals surface area contributed by atoms with Gasteiger partial charge in [-0.3, -0.25) is 9.59 Å². The lowest BCUT2D eigenvalue weighted by molar-refractivity contribution is 0.102. The van der Waals surface area contributed by atoms with E-state index in [1.54, 1.807) is 35.9 Å². The number of aromatic nitrogens is 2. The van der Waals surface area contributed by atoms with Crippen LogP contribution in [0.4, 0.5) is 5.82 Å². The van der Waals surface area contributed by atoms with E-state index < -0.39 is 0 Å². The molecule has 1 heterocycles. The molecule has 0 saturated carbocycles. The van der Waals surface area contributed by atoms with E-state index in [0.29, 0.717) is 33.2 Å². The molecule has 0 aliphatic heterocycles. The standard InChI is InChI=1S/C26H22ClN3O2/c1-3-18-9-15-22(16-10-18)30-25(28-26(32)20-11-13-21(27)14-12-20)23(24(31)17(2)29-30)19-7-5-4-6-8-19/h4-16H,3H2,1-2H3,(H,28,32). The summed E-state index contributed by atoms with van der Waals surface area (Å²) in [6.45, 7) is 3.76. The fourth-order valence-corrected chi connectivity index (χ4v) is 3.59. The molecule has 0 unspecified atom stereocenters. The smallest absolute Gasteiger partial charge is 0.256 e. The summed E-state index contributed by atoms with van der Waals surface area (Å²) in [6.07, 6.45) is 0.909. The molecule has 0 spiro atoms. The van der Waals surface area contributed by atoms with Gasteiger partial charge in [0, 0.05) is 10.6 Å². The van der Waals surface area contributed by atoms with Crippen molar-refractivity contribution in [3.05, 3.63) is 111 Å². The summed E-state index contributed by atoms with van der Waals surface area (Å²) >= 11 is 5.96. The van der Waals surface area contributed by atoms with Gasteiger partial charge in [0.1, 0.15) is 11.5 Å². The zero-order chi connectivity index (χ0) is 22.7. The first-order valence-electron chi connectivity index (χ1n) is 10.3. The van der Waals surface area contributed by atoms with Crippen molar-refractivity contribution in [2.75, 3.05) is 5.32 Å². The molecule has 1 N–H and O–H groups in total. The molecular weight excluding hydrogens is 422 g/mol. The van der Waals surface area contributed by atoms with Crippen LogP contribution in [0.25, 0.3) is 16.8 Å². The van der Waals surface area contributed by atoms with Gasteiger partial charge in [-0.05, 0) is 60.9 Å². The Bertz CT molecular complexity index is 1310. The molecule has 32 heavy (non-hydrogen) atoms. The zero-order valence-electron chi connectivity index (χ0n) is 17.8. The maximum Gasteiger partial charge on any atom is 0.256 e. The Morgan fingerprint density at radius 3 is 2.25 bits per heavy atom. The third-order valence-corrected chi connectivity index (χ3v) is 5.50. The van der Waals surface area contributed by atoms with Crippen LogP contribution in [-0.4, -0.2) is 15.7 Å². The normalized spacial score (nSPS) is 10.7. The van der Waals surface area contributed by atoms with E-state index in [0.717, 1.165) is 12.1 Å². The van der Waals surface area contributed by atoms with Crippen LogP contribution in [0.15, 0.2) is 83.7 Å². The number of amides is 1. The van der Waals surface area contributed by atoms with Gasteiger partial charge in [0.05, 0.1) is 11.3 Å². The van der Waals surface area contributed by atoms with Gasteiger partial charge in [0.25, 0.3) is 5.91 Å². The summed E-state index contributed by atoms with van der Waals surface area (Å²) in [5.74, 6) is -0.0428. The highest BCUT2D eigenvalue weighted by atomic mass is 35.5. The van der Waals surface area contributed by atoms with Crippen molar-refractivity contribution in [1.82, 2.24) is 9.78 Å². The van der Waals surface area contributed by atoms with Gasteiger partial charge < -0.3 is 5.32 Å². The molecule has 4 rings (SSSR count). The number of carbonyl (C=O) groups excluding carboxylic acids is 1. The topological polar surface area (TPSA) is 64.0 Å². The number of hydrogen-bond donors (Lipinski definition) is 1. The second-order valence-corrected chi connectivity index (χ2v) is 7.83. The van der Waals surface area contributed by atoms with Crippen LogP contribution in [0.5, 0.6) is 0 Å². The van der Waals surface area contributed by atoms with Crippen molar-refractivity contribution in [3.8, 4) is 16.8 Å². The second-order valence-electron chi connectivity index (χ2n) is 7.40. The summed E-state index contributed by atoms with van der Waals surface area (Å²) in [4.78, 5) is 26.3. The maximum absolute atomic E-state index is 13.2. The van der Waals surface area contributed by atoms with Crippen LogP contribution in [0.2, 0.25) is 5.02 Å². The van der Waals surface area contributed by atoms with E-state index in [1.807, 2.05) is 54.6 Å². The Balaban J connectivity index is 1.92. The average Bonchev–Trinajstić information content (AvgIpc) is 2.82. The van der Waals surface area contributed by atoms with E-state index in [9.17, 15) is 9.59 Å². The molecule has 5 nitrogen and oxygen atoms in total. The SMILES string of the molecule is CCc1ccc(-n2nc(C)c(=O)c(-c3ccccc3)c2NC(=O)c2ccc(Cl)cc2)cc1. The summed E-state index contributed by atoms with van der Waals surface area (Å²) < 4.78 is 1.62. The Hall–Kier alpha value is -3.70. The van der Waals surface area contributed by atoms with E-state index >= 15 is 0 Å². The summed E-state index contributed by atoms with van der Waals surface area (Å²) in [5, 5.41) is 7.98. The molecule has 1 amide bonds. The summed E-state index contributed by atoms with van der Waals surface area (Å²) in [5.41, 5.74) is 3.55. The predicted molar refractivity (Wildman–Crippen MR) is 129 cm³/mol. The number of rotatable bonds is 5. The molecule has 4 aromatic rings.